The normalized spacial score (nSPS) is 8.80. The van der Waals surface area contributed by atoms with Crippen molar-refractivity contribution in [2.24, 2.45) is 0 Å². The van der Waals surface area contributed by atoms with E-state index in [1.807, 2.05) is 0 Å². The molecule has 0 bridgehead atoms. The third-order valence-electron chi connectivity index (χ3n) is 1.05. The maximum Gasteiger partial charge on any atom is 0.303 e. The molecule has 84 valence electrons. The van der Waals surface area contributed by atoms with Crippen molar-refractivity contribution in [2.75, 3.05) is 0 Å². The molecular weight excluding hydrogens is 260 g/mol. The Labute approximate surface area is 98.7 Å². The summed E-state index contributed by atoms with van der Waals surface area (Å²) in [5.41, 5.74) is 0. The van der Waals surface area contributed by atoms with Gasteiger partial charge in [-0.25, -0.2) is 0 Å². The first-order chi connectivity index (χ1) is 6.93. The second-order valence-electron chi connectivity index (χ2n) is 2.23. The molecule has 0 aliphatic heterocycles. The van der Waals surface area contributed by atoms with Gasteiger partial charge in [0.25, 0.3) is 0 Å². The Bertz CT molecular complexity index is 393. The van der Waals surface area contributed by atoms with Gasteiger partial charge in [0.1, 0.15) is 8.46 Å². The van der Waals surface area contributed by atoms with Crippen molar-refractivity contribution in [1.29, 1.82) is 0 Å². The molecule has 0 saturated heterocycles. The van der Waals surface area contributed by atoms with E-state index in [0.29, 0.717) is 4.64 Å². The SMILES string of the molecule is O=C(O)CCC(=O)O.S=c1[nH][nH]sc1=S. The summed E-state index contributed by atoms with van der Waals surface area (Å²) in [5.74, 6) is -2.15. The van der Waals surface area contributed by atoms with Crippen LogP contribution in [0.3, 0.4) is 0 Å². The zero-order valence-corrected chi connectivity index (χ0v) is 9.80. The summed E-state index contributed by atoms with van der Waals surface area (Å²) in [4.78, 5) is 19.3. The van der Waals surface area contributed by atoms with Crippen molar-refractivity contribution in [3.05, 3.63) is 8.46 Å². The monoisotopic (exact) mass is 268 g/mol. The molecule has 0 radical (unpaired) electrons. The molecule has 0 aliphatic rings. The number of carboxylic acid groups (broad SMARTS) is 2. The summed E-state index contributed by atoms with van der Waals surface area (Å²) >= 11 is 10.8. The van der Waals surface area contributed by atoms with Crippen LogP contribution in [0.25, 0.3) is 0 Å². The second-order valence-corrected chi connectivity index (χ2v) is 4.12. The topological polar surface area (TPSA) is 106 Å². The van der Waals surface area contributed by atoms with Crippen molar-refractivity contribution >= 4 is 47.9 Å². The van der Waals surface area contributed by atoms with Gasteiger partial charge in [-0.1, -0.05) is 24.4 Å². The quantitative estimate of drug-likeness (QED) is 0.623. The summed E-state index contributed by atoms with van der Waals surface area (Å²) in [6.07, 6.45) is -0.593. The molecular formula is C6H8N2O4S3. The van der Waals surface area contributed by atoms with Gasteiger partial charge in [0.05, 0.1) is 12.8 Å². The van der Waals surface area contributed by atoms with Crippen LogP contribution in [0.4, 0.5) is 0 Å². The Hall–Kier alpha value is -1.06. The fraction of sp³-hybridized carbons (Fsp3) is 0.333. The van der Waals surface area contributed by atoms with Crippen molar-refractivity contribution < 1.29 is 19.8 Å². The molecule has 1 aromatic rings. The molecule has 6 nitrogen and oxygen atoms in total. The lowest BCUT2D eigenvalue weighted by Crippen LogP contribution is -2.00. The van der Waals surface area contributed by atoms with Gasteiger partial charge in [-0.2, -0.15) is 0 Å². The fourth-order valence-electron chi connectivity index (χ4n) is 0.429. The molecule has 0 aliphatic carbocycles. The number of carbonyl (C=O) groups is 2. The van der Waals surface area contributed by atoms with Gasteiger partial charge < -0.3 is 10.2 Å². The van der Waals surface area contributed by atoms with Gasteiger partial charge in [0, 0.05) is 0 Å². The molecule has 0 amide bonds. The average Bonchev–Trinajstić information content (AvgIpc) is 2.49. The summed E-state index contributed by atoms with van der Waals surface area (Å²) in [7, 11) is 0. The lowest BCUT2D eigenvalue weighted by molar-refractivity contribution is -0.143. The summed E-state index contributed by atoms with van der Waals surface area (Å²) < 4.78 is 4.05. The number of nitrogens with one attached hydrogen (secondary N) is 2. The first kappa shape index (κ1) is 13.9. The molecule has 0 spiro atoms. The van der Waals surface area contributed by atoms with E-state index in [0.717, 1.165) is 3.82 Å². The minimum atomic E-state index is -1.08. The highest BCUT2D eigenvalue weighted by molar-refractivity contribution is 7.75. The average molecular weight is 268 g/mol. The van der Waals surface area contributed by atoms with Crippen LogP contribution in [0.15, 0.2) is 0 Å². The Morgan fingerprint density at radius 3 is 1.80 bits per heavy atom. The number of aromatic amines is 2. The molecule has 0 saturated carbocycles. The molecule has 0 aromatic carbocycles. The molecule has 1 aromatic heterocycles. The molecule has 15 heavy (non-hydrogen) atoms. The first-order valence-corrected chi connectivity index (χ1v) is 5.26. The molecule has 0 unspecified atom stereocenters. The van der Waals surface area contributed by atoms with Crippen LogP contribution in [0.2, 0.25) is 0 Å². The molecule has 1 rings (SSSR count). The predicted molar refractivity (Wildman–Crippen MR) is 59.2 cm³/mol. The van der Waals surface area contributed by atoms with Crippen LogP contribution in [0, 0.1) is 8.46 Å². The van der Waals surface area contributed by atoms with Gasteiger partial charge in [0.2, 0.25) is 0 Å². The third-order valence-corrected chi connectivity index (χ3v) is 2.66. The number of carboxylic acids is 2. The van der Waals surface area contributed by atoms with Gasteiger partial charge >= 0.3 is 11.9 Å². The van der Waals surface area contributed by atoms with Crippen LogP contribution in [0.5, 0.6) is 0 Å². The Morgan fingerprint density at radius 1 is 1.20 bits per heavy atom. The van der Waals surface area contributed by atoms with Gasteiger partial charge in [-0.05, 0) is 11.5 Å². The van der Waals surface area contributed by atoms with E-state index in [-0.39, 0.29) is 12.8 Å². The molecule has 4 N–H and O–H groups in total. The minimum Gasteiger partial charge on any atom is -0.481 e. The Kier molecular flexibility index (Phi) is 6.75. The van der Waals surface area contributed by atoms with E-state index in [4.69, 9.17) is 34.6 Å². The van der Waals surface area contributed by atoms with E-state index in [1.165, 1.54) is 11.5 Å². The van der Waals surface area contributed by atoms with Crippen LogP contribution in [-0.4, -0.2) is 31.7 Å². The van der Waals surface area contributed by atoms with Crippen LogP contribution < -0.4 is 0 Å². The molecule has 0 atom stereocenters. The van der Waals surface area contributed by atoms with Gasteiger partial charge in [0.15, 0.2) is 0 Å². The highest BCUT2D eigenvalue weighted by Crippen LogP contribution is 1.93. The number of rotatable bonds is 3. The van der Waals surface area contributed by atoms with Crippen LogP contribution in [-0.2, 0) is 9.59 Å². The first-order valence-electron chi connectivity index (χ1n) is 3.63. The van der Waals surface area contributed by atoms with E-state index in [9.17, 15) is 9.59 Å². The summed E-state index contributed by atoms with van der Waals surface area (Å²) in [5, 5.41) is 18.5. The number of H-pyrrole nitrogens is 2. The van der Waals surface area contributed by atoms with Gasteiger partial charge in [-0.15, -0.1) is 0 Å². The lowest BCUT2D eigenvalue weighted by atomic mass is 10.3. The second kappa shape index (κ2) is 7.26. The number of hydrogen-bond acceptors (Lipinski definition) is 5. The third kappa shape index (κ3) is 7.97. The predicted octanol–water partition coefficient (Wildman–Crippen LogP) is 1.80. The summed E-state index contributed by atoms with van der Waals surface area (Å²) in [6, 6.07) is 0. The number of aliphatic carboxylic acids is 2. The van der Waals surface area contributed by atoms with Gasteiger partial charge in [-0.3, -0.25) is 19.2 Å². The van der Waals surface area contributed by atoms with Crippen LogP contribution >= 0.6 is 36.0 Å². The number of aromatic nitrogens is 2. The van der Waals surface area contributed by atoms with Crippen molar-refractivity contribution in [1.82, 2.24) is 9.59 Å². The summed E-state index contributed by atoms with van der Waals surface area (Å²) in [6.45, 7) is 0. The van der Waals surface area contributed by atoms with E-state index < -0.39 is 11.9 Å². The fourth-order valence-corrected chi connectivity index (χ4v) is 1.24. The lowest BCUT2D eigenvalue weighted by Gasteiger charge is -1.85. The van der Waals surface area contributed by atoms with E-state index in [1.54, 1.807) is 0 Å². The minimum absolute atomic E-state index is 0.296. The highest BCUT2D eigenvalue weighted by atomic mass is 32.2. The molecule has 9 heteroatoms. The zero-order valence-electron chi connectivity index (χ0n) is 7.35. The van der Waals surface area contributed by atoms with E-state index in [2.05, 4.69) is 9.59 Å². The van der Waals surface area contributed by atoms with Crippen LogP contribution in [0.1, 0.15) is 12.8 Å². The zero-order chi connectivity index (χ0) is 11.8. The maximum absolute atomic E-state index is 9.64. The largest absolute Gasteiger partial charge is 0.481 e. The van der Waals surface area contributed by atoms with Crippen molar-refractivity contribution in [2.45, 2.75) is 12.8 Å². The highest BCUT2D eigenvalue weighted by Gasteiger charge is 2.00. The Balaban J connectivity index is 0.000000262. The van der Waals surface area contributed by atoms with Crippen molar-refractivity contribution in [3.8, 4) is 0 Å². The smallest absolute Gasteiger partial charge is 0.303 e. The standard InChI is InChI=1S/C4H6O4.C2H2N2S3/c5-3(6)1-2-4(7)8;5-1-2(6)7-4-3-1/h1-2H2,(H,5,6)(H,7,8);4H,(H,3,5). The molecule has 1 heterocycles. The van der Waals surface area contributed by atoms with Crippen molar-refractivity contribution in [3.63, 3.8) is 0 Å². The number of hydrogen-bond donors (Lipinski definition) is 4. The molecule has 0 fully saturated rings. The van der Waals surface area contributed by atoms with E-state index >= 15 is 0 Å². The Morgan fingerprint density at radius 2 is 1.67 bits per heavy atom. The maximum atomic E-state index is 9.64.